The number of nitrogens with one attached hydrogen (secondary N) is 3. The fraction of sp³-hybridized carbons (Fsp3) is 0.480. The number of methoxy groups -OCH3 is 2. The van der Waals surface area contributed by atoms with Crippen molar-refractivity contribution in [1.82, 2.24) is 25.5 Å². The van der Waals surface area contributed by atoms with Gasteiger partial charge >= 0.3 is 0 Å². The lowest BCUT2D eigenvalue weighted by atomic mass is 9.85. The third-order valence-corrected chi connectivity index (χ3v) is 8.37. The molecular formula is C25H30ClN5O4S. The molecular weight excluding hydrogens is 502 g/mol. The van der Waals surface area contributed by atoms with Crippen LogP contribution in [-0.4, -0.2) is 78.8 Å². The maximum absolute atomic E-state index is 13.2. The van der Waals surface area contributed by atoms with Crippen LogP contribution in [0.2, 0.25) is 5.02 Å². The number of H-pyrrole nitrogens is 1. The minimum absolute atomic E-state index is 0.207. The van der Waals surface area contributed by atoms with Crippen LogP contribution >= 0.6 is 22.9 Å². The topological polar surface area (TPSA) is 109 Å². The molecule has 1 fully saturated rings. The normalized spacial score (nSPS) is 24.4. The van der Waals surface area contributed by atoms with Crippen molar-refractivity contribution in [3.05, 3.63) is 50.6 Å². The van der Waals surface area contributed by atoms with Crippen LogP contribution in [0.15, 0.2) is 24.3 Å². The summed E-state index contributed by atoms with van der Waals surface area (Å²) >= 11 is 7.53. The van der Waals surface area contributed by atoms with Gasteiger partial charge in [0.05, 0.1) is 30.0 Å². The number of hydrogen-bond donors (Lipinski definition) is 3. The fourth-order valence-electron chi connectivity index (χ4n) is 5.07. The zero-order valence-electron chi connectivity index (χ0n) is 20.5. The summed E-state index contributed by atoms with van der Waals surface area (Å²) in [5, 5.41) is 8.14. The second-order valence-electron chi connectivity index (χ2n) is 9.47. The number of fused-ring (bicyclic) bond motifs is 2. The molecule has 5 rings (SSSR count). The highest BCUT2D eigenvalue weighted by Gasteiger charge is 2.40. The molecule has 3 N–H and O–H groups in total. The molecule has 2 aromatic heterocycles. The molecule has 1 aromatic carbocycles. The molecule has 4 atom stereocenters. The highest BCUT2D eigenvalue weighted by molar-refractivity contribution is 7.13. The Labute approximate surface area is 218 Å². The van der Waals surface area contributed by atoms with Gasteiger partial charge in [0.15, 0.2) is 5.01 Å². The second kappa shape index (κ2) is 10.5. The van der Waals surface area contributed by atoms with E-state index in [4.69, 9.17) is 21.1 Å². The zero-order chi connectivity index (χ0) is 25.4. The zero-order valence-corrected chi connectivity index (χ0v) is 22.0. The van der Waals surface area contributed by atoms with E-state index in [1.165, 1.54) is 11.3 Å². The van der Waals surface area contributed by atoms with Crippen molar-refractivity contribution in [3.63, 3.8) is 0 Å². The number of carbonyl (C=O) groups excluding carboxylic acids is 2. The van der Waals surface area contributed by atoms with Crippen LogP contribution < -0.4 is 10.6 Å². The average Bonchev–Trinajstić information content (AvgIpc) is 3.48. The lowest BCUT2D eigenvalue weighted by Crippen LogP contribution is -2.59. The smallest absolute Gasteiger partial charge is 0.280 e. The van der Waals surface area contributed by atoms with Crippen molar-refractivity contribution in [2.75, 3.05) is 27.8 Å². The van der Waals surface area contributed by atoms with Gasteiger partial charge in [-0.05, 0) is 44.2 Å². The van der Waals surface area contributed by atoms with Gasteiger partial charge in [-0.2, -0.15) is 0 Å². The van der Waals surface area contributed by atoms with Gasteiger partial charge in [0.2, 0.25) is 0 Å². The van der Waals surface area contributed by atoms with Gasteiger partial charge < -0.3 is 30.0 Å². The first-order chi connectivity index (χ1) is 17.3. The maximum Gasteiger partial charge on any atom is 0.280 e. The van der Waals surface area contributed by atoms with E-state index in [0.29, 0.717) is 28.6 Å². The van der Waals surface area contributed by atoms with Gasteiger partial charge in [0, 0.05) is 54.5 Å². The Morgan fingerprint density at radius 2 is 1.81 bits per heavy atom. The molecule has 3 aromatic rings. The summed E-state index contributed by atoms with van der Waals surface area (Å²) in [6.07, 6.45) is 1.42. The lowest BCUT2D eigenvalue weighted by molar-refractivity contribution is -0.0709. The summed E-state index contributed by atoms with van der Waals surface area (Å²) in [6.45, 7) is 1.74. The van der Waals surface area contributed by atoms with Crippen LogP contribution in [0, 0.1) is 0 Å². The molecule has 192 valence electrons. The summed E-state index contributed by atoms with van der Waals surface area (Å²) in [6, 6.07) is 6.50. The molecule has 3 heterocycles. The van der Waals surface area contributed by atoms with E-state index >= 15 is 0 Å². The Morgan fingerprint density at radius 1 is 1.11 bits per heavy atom. The number of likely N-dealkylation sites (N-methyl/N-ethyl adjacent to an activating group) is 1. The number of rotatable bonds is 6. The number of aromatic amines is 1. The first-order valence-corrected chi connectivity index (χ1v) is 13.2. The Bertz CT molecular complexity index is 1280. The Hall–Kier alpha value is -2.50. The van der Waals surface area contributed by atoms with E-state index in [2.05, 4.69) is 32.5 Å². The van der Waals surface area contributed by atoms with Crippen molar-refractivity contribution >= 4 is 45.7 Å². The molecule has 9 nitrogen and oxygen atoms in total. The SMILES string of the molecule is CO[C@H]1C[C@H](NC(=O)c2nc3c(s2)CN(C)CC3)[C@H](NC(=O)c2cc3cc(Cl)ccc3[nH]2)C[C@H]1OC. The molecule has 0 bridgehead atoms. The number of benzene rings is 1. The Morgan fingerprint density at radius 3 is 2.50 bits per heavy atom. The number of hydrogen-bond acceptors (Lipinski definition) is 7. The molecule has 0 saturated heterocycles. The van der Waals surface area contributed by atoms with E-state index in [1.807, 2.05) is 12.1 Å². The third kappa shape index (κ3) is 5.14. The standard InChI is InChI=1S/C25H30ClN5O4S/c1-31-7-6-16-22(12-31)36-25(30-16)24(33)29-18-11-21(35-3)20(34-2)10-17(18)28-23(32)19-9-13-8-14(26)4-5-15(13)27-19/h4-5,8-9,17-18,20-21,27H,6-7,10-12H2,1-3H3,(H,28,32)(H,29,33)/t17-,18+,20-,21+/m1/s1. The first kappa shape index (κ1) is 25.2. The highest BCUT2D eigenvalue weighted by Crippen LogP contribution is 2.28. The third-order valence-electron chi connectivity index (χ3n) is 7.06. The van der Waals surface area contributed by atoms with Crippen LogP contribution in [0.1, 0.15) is 43.7 Å². The number of aromatic nitrogens is 2. The molecule has 0 unspecified atom stereocenters. The van der Waals surface area contributed by atoms with Gasteiger partial charge in [0.1, 0.15) is 5.69 Å². The Kier molecular flexibility index (Phi) is 7.32. The van der Waals surface area contributed by atoms with E-state index < -0.39 is 0 Å². The van der Waals surface area contributed by atoms with Crippen molar-refractivity contribution in [1.29, 1.82) is 0 Å². The molecule has 1 aliphatic heterocycles. The van der Waals surface area contributed by atoms with Crippen LogP contribution in [0.25, 0.3) is 10.9 Å². The van der Waals surface area contributed by atoms with Gasteiger partial charge in [-0.25, -0.2) is 4.98 Å². The van der Waals surface area contributed by atoms with Gasteiger partial charge in [-0.3, -0.25) is 9.59 Å². The first-order valence-electron chi connectivity index (χ1n) is 12.0. The van der Waals surface area contributed by atoms with Gasteiger partial charge in [-0.15, -0.1) is 11.3 Å². The molecule has 0 spiro atoms. The average molecular weight is 532 g/mol. The summed E-state index contributed by atoms with van der Waals surface area (Å²) in [7, 11) is 5.33. The predicted molar refractivity (Wildman–Crippen MR) is 139 cm³/mol. The van der Waals surface area contributed by atoms with Crippen molar-refractivity contribution < 1.29 is 19.1 Å². The molecule has 2 aliphatic rings. The number of halogens is 1. The number of amides is 2. The van der Waals surface area contributed by atoms with Crippen molar-refractivity contribution in [2.24, 2.45) is 0 Å². The monoisotopic (exact) mass is 531 g/mol. The molecule has 1 aliphatic carbocycles. The highest BCUT2D eigenvalue weighted by atomic mass is 35.5. The van der Waals surface area contributed by atoms with E-state index in [1.54, 1.807) is 26.4 Å². The lowest BCUT2D eigenvalue weighted by Gasteiger charge is -2.40. The summed E-state index contributed by atoms with van der Waals surface area (Å²) in [5.41, 5.74) is 2.26. The molecule has 2 amide bonds. The minimum Gasteiger partial charge on any atom is -0.379 e. The Balaban J connectivity index is 1.34. The largest absolute Gasteiger partial charge is 0.379 e. The van der Waals surface area contributed by atoms with Crippen LogP contribution in [-0.2, 0) is 22.4 Å². The van der Waals surface area contributed by atoms with Crippen LogP contribution in [0.5, 0.6) is 0 Å². The maximum atomic E-state index is 13.2. The quantitative estimate of drug-likeness (QED) is 0.451. The minimum atomic E-state index is -0.353. The van der Waals surface area contributed by atoms with Gasteiger partial charge in [-0.1, -0.05) is 11.6 Å². The number of thiazole rings is 1. The van der Waals surface area contributed by atoms with Gasteiger partial charge in [0.25, 0.3) is 11.8 Å². The van der Waals surface area contributed by atoms with E-state index in [0.717, 1.165) is 41.0 Å². The van der Waals surface area contributed by atoms with Crippen LogP contribution in [0.3, 0.4) is 0 Å². The van der Waals surface area contributed by atoms with Crippen molar-refractivity contribution in [3.8, 4) is 0 Å². The summed E-state index contributed by atoms with van der Waals surface area (Å²) in [4.78, 5) is 37.5. The molecule has 0 radical (unpaired) electrons. The summed E-state index contributed by atoms with van der Waals surface area (Å²) in [5.74, 6) is -0.489. The van der Waals surface area contributed by atoms with Crippen molar-refractivity contribution in [2.45, 2.75) is 50.1 Å². The van der Waals surface area contributed by atoms with Crippen LogP contribution in [0.4, 0.5) is 0 Å². The second-order valence-corrected chi connectivity index (χ2v) is 11.0. The van der Waals surface area contributed by atoms with E-state index in [-0.39, 0.29) is 36.1 Å². The van der Waals surface area contributed by atoms with E-state index in [9.17, 15) is 9.59 Å². The molecule has 36 heavy (non-hydrogen) atoms. The molecule has 11 heteroatoms. The number of ether oxygens (including phenoxy) is 2. The molecule has 1 saturated carbocycles. The number of nitrogens with zero attached hydrogens (tertiary/aromatic N) is 2. The summed E-state index contributed by atoms with van der Waals surface area (Å²) < 4.78 is 11.3. The predicted octanol–water partition coefficient (Wildman–Crippen LogP) is 2.99. The number of carbonyl (C=O) groups is 2. The fourth-order valence-corrected chi connectivity index (χ4v) is 6.34.